The fraction of sp³-hybridized carbons (Fsp3) is 0.462. The zero-order valence-electron chi connectivity index (χ0n) is 9.93. The van der Waals surface area contributed by atoms with Crippen molar-refractivity contribution in [2.75, 3.05) is 6.61 Å². The molecule has 0 fully saturated rings. The first-order valence-corrected chi connectivity index (χ1v) is 5.76. The van der Waals surface area contributed by atoms with Crippen LogP contribution in [0.15, 0.2) is 24.3 Å². The number of aryl methyl sites for hydroxylation is 1. The van der Waals surface area contributed by atoms with E-state index in [-0.39, 0.29) is 6.42 Å². The molecule has 17 heavy (non-hydrogen) atoms. The van der Waals surface area contributed by atoms with Crippen LogP contribution in [0.25, 0.3) is 0 Å². The highest BCUT2D eigenvalue weighted by Gasteiger charge is 2.12. The van der Waals surface area contributed by atoms with E-state index >= 15 is 0 Å². The molecule has 2 N–H and O–H groups in total. The Hall–Kier alpha value is -1.55. The number of carbonyl (C=O) groups is 1. The lowest BCUT2D eigenvalue weighted by Crippen LogP contribution is -2.19. The van der Waals surface area contributed by atoms with Crippen molar-refractivity contribution in [1.29, 1.82) is 0 Å². The third-order valence-electron chi connectivity index (χ3n) is 2.39. The summed E-state index contributed by atoms with van der Waals surface area (Å²) < 4.78 is 5.43. The lowest BCUT2D eigenvalue weighted by molar-refractivity contribution is -0.146. The van der Waals surface area contributed by atoms with E-state index in [1.54, 1.807) is 0 Å². The molecule has 0 heterocycles. The van der Waals surface area contributed by atoms with Crippen molar-refractivity contribution in [3.8, 4) is 5.75 Å². The molecule has 0 radical (unpaired) electrons. The summed E-state index contributed by atoms with van der Waals surface area (Å²) >= 11 is 0. The molecule has 0 aliphatic rings. The molecule has 0 saturated heterocycles. The third kappa shape index (κ3) is 4.87. The van der Waals surface area contributed by atoms with Gasteiger partial charge in [0.2, 0.25) is 0 Å². The zero-order valence-corrected chi connectivity index (χ0v) is 9.93. The van der Waals surface area contributed by atoms with Gasteiger partial charge < -0.3 is 14.9 Å². The quantitative estimate of drug-likeness (QED) is 0.760. The number of carboxylic acids is 1. The number of rotatable bonds is 7. The van der Waals surface area contributed by atoms with E-state index < -0.39 is 12.1 Å². The van der Waals surface area contributed by atoms with Gasteiger partial charge in [0.05, 0.1) is 6.61 Å². The summed E-state index contributed by atoms with van der Waals surface area (Å²) in [4.78, 5) is 10.4. The number of hydrogen-bond acceptors (Lipinski definition) is 3. The predicted octanol–water partition coefficient (Wildman–Crippen LogP) is 1.85. The largest absolute Gasteiger partial charge is 0.494 e. The molecule has 94 valence electrons. The van der Waals surface area contributed by atoms with E-state index in [0.29, 0.717) is 13.0 Å². The summed E-state index contributed by atoms with van der Waals surface area (Å²) in [7, 11) is 0. The highest BCUT2D eigenvalue weighted by molar-refractivity contribution is 5.71. The SMILES string of the molecule is CCCOc1ccc(CCC(O)C(=O)O)cc1. The molecule has 4 nitrogen and oxygen atoms in total. The summed E-state index contributed by atoms with van der Waals surface area (Å²) in [6.45, 7) is 2.73. The van der Waals surface area contributed by atoms with Gasteiger partial charge in [-0.2, -0.15) is 0 Å². The van der Waals surface area contributed by atoms with E-state index in [2.05, 4.69) is 0 Å². The molecule has 1 atom stereocenters. The average molecular weight is 238 g/mol. The number of benzene rings is 1. The van der Waals surface area contributed by atoms with Gasteiger partial charge >= 0.3 is 5.97 Å². The van der Waals surface area contributed by atoms with Crippen LogP contribution >= 0.6 is 0 Å². The normalized spacial score (nSPS) is 12.1. The van der Waals surface area contributed by atoms with Crippen LogP contribution in [0.5, 0.6) is 5.75 Å². The van der Waals surface area contributed by atoms with Crippen molar-refractivity contribution >= 4 is 5.97 Å². The van der Waals surface area contributed by atoms with Crippen molar-refractivity contribution in [2.24, 2.45) is 0 Å². The molecule has 0 aliphatic carbocycles. The third-order valence-corrected chi connectivity index (χ3v) is 2.39. The Bertz CT molecular complexity index is 345. The van der Waals surface area contributed by atoms with Crippen molar-refractivity contribution in [1.82, 2.24) is 0 Å². The van der Waals surface area contributed by atoms with Gasteiger partial charge in [-0.05, 0) is 37.0 Å². The Labute approximate surface area is 101 Å². The van der Waals surface area contributed by atoms with Crippen LogP contribution in [0.1, 0.15) is 25.3 Å². The van der Waals surface area contributed by atoms with Gasteiger partial charge in [-0.15, -0.1) is 0 Å². The van der Waals surface area contributed by atoms with Crippen LogP contribution in [-0.4, -0.2) is 28.9 Å². The van der Waals surface area contributed by atoms with E-state index in [0.717, 1.165) is 17.7 Å². The maximum absolute atomic E-state index is 10.4. The fourth-order valence-corrected chi connectivity index (χ4v) is 1.40. The lowest BCUT2D eigenvalue weighted by Gasteiger charge is -2.07. The molecule has 0 saturated carbocycles. The minimum absolute atomic E-state index is 0.227. The highest BCUT2D eigenvalue weighted by Crippen LogP contribution is 2.14. The van der Waals surface area contributed by atoms with Crippen molar-refractivity contribution in [2.45, 2.75) is 32.3 Å². The Morgan fingerprint density at radius 2 is 2.00 bits per heavy atom. The van der Waals surface area contributed by atoms with Crippen LogP contribution in [-0.2, 0) is 11.2 Å². The molecule has 1 aromatic rings. The minimum Gasteiger partial charge on any atom is -0.494 e. The van der Waals surface area contributed by atoms with E-state index in [4.69, 9.17) is 14.9 Å². The van der Waals surface area contributed by atoms with Crippen LogP contribution in [0.3, 0.4) is 0 Å². The predicted molar refractivity (Wildman–Crippen MR) is 64.2 cm³/mol. The van der Waals surface area contributed by atoms with Gasteiger partial charge in [0.25, 0.3) is 0 Å². The summed E-state index contributed by atoms with van der Waals surface area (Å²) in [5.74, 6) is -0.359. The first-order valence-electron chi connectivity index (χ1n) is 5.76. The highest BCUT2D eigenvalue weighted by atomic mass is 16.5. The van der Waals surface area contributed by atoms with Crippen molar-refractivity contribution in [3.05, 3.63) is 29.8 Å². The molecule has 4 heteroatoms. The molecule has 0 aromatic heterocycles. The fourth-order valence-electron chi connectivity index (χ4n) is 1.40. The number of aliphatic hydroxyl groups is 1. The molecule has 0 spiro atoms. The molecule has 0 amide bonds. The Balaban J connectivity index is 2.42. The number of ether oxygens (including phenoxy) is 1. The second-order valence-electron chi connectivity index (χ2n) is 3.89. The minimum atomic E-state index is -1.29. The molecular formula is C13H18O4. The summed E-state index contributed by atoms with van der Waals surface area (Å²) in [5.41, 5.74) is 0.995. The Morgan fingerprint density at radius 3 is 2.53 bits per heavy atom. The van der Waals surface area contributed by atoms with Gasteiger partial charge in [-0.3, -0.25) is 0 Å². The molecule has 0 bridgehead atoms. The van der Waals surface area contributed by atoms with E-state index in [1.807, 2.05) is 31.2 Å². The molecule has 1 unspecified atom stereocenters. The smallest absolute Gasteiger partial charge is 0.332 e. The first-order chi connectivity index (χ1) is 8.13. The second kappa shape index (κ2) is 6.91. The summed E-state index contributed by atoms with van der Waals surface area (Å²) in [5, 5.41) is 17.7. The lowest BCUT2D eigenvalue weighted by atomic mass is 10.1. The van der Waals surface area contributed by atoms with E-state index in [1.165, 1.54) is 0 Å². The van der Waals surface area contributed by atoms with Gasteiger partial charge in [0, 0.05) is 0 Å². The monoisotopic (exact) mass is 238 g/mol. The van der Waals surface area contributed by atoms with Gasteiger partial charge in [-0.1, -0.05) is 19.1 Å². The van der Waals surface area contributed by atoms with Crippen LogP contribution < -0.4 is 4.74 Å². The zero-order chi connectivity index (χ0) is 12.7. The van der Waals surface area contributed by atoms with Gasteiger partial charge in [0.15, 0.2) is 6.10 Å². The summed E-state index contributed by atoms with van der Waals surface area (Å²) in [6.07, 6.45) is 0.449. The maximum atomic E-state index is 10.4. The van der Waals surface area contributed by atoms with Crippen molar-refractivity contribution < 1.29 is 19.7 Å². The maximum Gasteiger partial charge on any atom is 0.332 e. The summed E-state index contributed by atoms with van der Waals surface area (Å²) in [6, 6.07) is 7.50. The molecule has 1 aromatic carbocycles. The van der Waals surface area contributed by atoms with Gasteiger partial charge in [0.1, 0.15) is 5.75 Å². The second-order valence-corrected chi connectivity index (χ2v) is 3.89. The average Bonchev–Trinajstić information content (AvgIpc) is 2.34. The van der Waals surface area contributed by atoms with Crippen LogP contribution in [0.2, 0.25) is 0 Å². The van der Waals surface area contributed by atoms with Crippen molar-refractivity contribution in [3.63, 3.8) is 0 Å². The van der Waals surface area contributed by atoms with Crippen LogP contribution in [0, 0.1) is 0 Å². The standard InChI is InChI=1S/C13H18O4/c1-2-9-17-11-6-3-10(4-7-11)5-8-12(14)13(15)16/h3-4,6-7,12,14H,2,5,8-9H2,1H3,(H,15,16). The number of carboxylic acid groups (broad SMARTS) is 1. The van der Waals surface area contributed by atoms with Gasteiger partial charge in [-0.25, -0.2) is 4.79 Å². The Morgan fingerprint density at radius 1 is 1.35 bits per heavy atom. The molecule has 1 rings (SSSR count). The topological polar surface area (TPSA) is 66.8 Å². The van der Waals surface area contributed by atoms with E-state index in [9.17, 15) is 4.79 Å². The van der Waals surface area contributed by atoms with Crippen LogP contribution in [0.4, 0.5) is 0 Å². The number of aliphatic hydroxyl groups excluding tert-OH is 1. The number of hydrogen-bond donors (Lipinski definition) is 2. The first kappa shape index (κ1) is 13.5. The molecular weight excluding hydrogens is 220 g/mol. The Kier molecular flexibility index (Phi) is 5.49. The number of aliphatic carboxylic acids is 1. The molecule has 0 aliphatic heterocycles.